The molecule has 0 radical (unpaired) electrons. The number of carboxylic acids is 1. The van der Waals surface area contributed by atoms with Crippen LogP contribution in [0, 0.1) is 11.6 Å². The molecule has 0 heterocycles. The Hall–Kier alpha value is -3.50. The maximum Gasteiger partial charge on any atom is 0.411 e. The number of anilines is 1. The largest absolute Gasteiger partial charge is 0.481 e. The van der Waals surface area contributed by atoms with Gasteiger partial charge in [0.25, 0.3) is 0 Å². The van der Waals surface area contributed by atoms with Crippen molar-refractivity contribution < 1.29 is 36.6 Å². The maximum atomic E-state index is 14.5. The van der Waals surface area contributed by atoms with E-state index in [1.165, 1.54) is 48.5 Å². The first kappa shape index (κ1) is 26.1. The van der Waals surface area contributed by atoms with E-state index in [2.05, 4.69) is 5.32 Å². The molecule has 0 aliphatic rings. The summed E-state index contributed by atoms with van der Waals surface area (Å²) in [5.41, 5.74) is 0.465. The van der Waals surface area contributed by atoms with Gasteiger partial charge in [-0.05, 0) is 60.2 Å². The van der Waals surface area contributed by atoms with Crippen LogP contribution < -0.4 is 5.32 Å². The van der Waals surface area contributed by atoms with Crippen LogP contribution in [0.3, 0.4) is 0 Å². The first-order valence-electron chi connectivity index (χ1n) is 10.2. The number of sulfone groups is 1. The number of benzene rings is 3. The molecular formula is C24H20ClF2NO6S. The van der Waals surface area contributed by atoms with Gasteiger partial charge >= 0.3 is 12.1 Å². The number of nitrogens with one attached hydrogen (secondary N) is 1. The Balaban J connectivity index is 1.73. The van der Waals surface area contributed by atoms with Crippen molar-refractivity contribution in [2.45, 2.75) is 23.0 Å². The lowest BCUT2D eigenvalue weighted by Crippen LogP contribution is -2.20. The van der Waals surface area contributed by atoms with Crippen LogP contribution in [0.5, 0.6) is 0 Å². The number of hydrogen-bond acceptors (Lipinski definition) is 5. The molecule has 184 valence electrons. The molecule has 11 heteroatoms. The van der Waals surface area contributed by atoms with E-state index >= 15 is 0 Å². The molecule has 3 aromatic rings. The Bertz CT molecular complexity index is 1310. The molecule has 1 unspecified atom stereocenters. The molecule has 35 heavy (non-hydrogen) atoms. The molecular weight excluding hydrogens is 504 g/mol. The van der Waals surface area contributed by atoms with Gasteiger partial charge in [0.05, 0.1) is 23.2 Å². The van der Waals surface area contributed by atoms with Crippen LogP contribution in [0.15, 0.2) is 71.6 Å². The monoisotopic (exact) mass is 523 g/mol. The summed E-state index contributed by atoms with van der Waals surface area (Å²) in [5.74, 6) is -2.73. The molecule has 0 aliphatic carbocycles. The van der Waals surface area contributed by atoms with Gasteiger partial charge in [-0.3, -0.25) is 10.1 Å². The fourth-order valence-corrected chi connectivity index (χ4v) is 5.21. The van der Waals surface area contributed by atoms with Crippen molar-refractivity contribution in [2.75, 3.05) is 11.9 Å². The maximum absolute atomic E-state index is 14.5. The Morgan fingerprint density at radius 3 is 2.29 bits per heavy atom. The number of ether oxygens (including phenoxy) is 1. The Morgan fingerprint density at radius 2 is 1.66 bits per heavy atom. The highest BCUT2D eigenvalue weighted by atomic mass is 35.5. The van der Waals surface area contributed by atoms with Gasteiger partial charge in [-0.25, -0.2) is 22.0 Å². The zero-order chi connectivity index (χ0) is 25.6. The lowest BCUT2D eigenvalue weighted by molar-refractivity contribution is -0.136. The van der Waals surface area contributed by atoms with Crippen LogP contribution in [0.25, 0.3) is 0 Å². The molecule has 2 N–H and O–H groups in total. The number of rotatable bonds is 9. The molecule has 7 nitrogen and oxygen atoms in total. The summed E-state index contributed by atoms with van der Waals surface area (Å²) in [7, 11) is -4.21. The third-order valence-corrected chi connectivity index (χ3v) is 7.41. The van der Waals surface area contributed by atoms with E-state index in [4.69, 9.17) is 21.4 Å². The van der Waals surface area contributed by atoms with Gasteiger partial charge in [-0.15, -0.1) is 0 Å². The number of carboxylic acid groups (broad SMARTS) is 1. The van der Waals surface area contributed by atoms with Crippen molar-refractivity contribution in [3.05, 3.63) is 94.5 Å². The Labute approximate surface area is 205 Å². The quantitative estimate of drug-likeness (QED) is 0.388. The summed E-state index contributed by atoms with van der Waals surface area (Å²) in [6.45, 7) is -0.420. The van der Waals surface area contributed by atoms with Gasteiger partial charge in [0.1, 0.15) is 11.6 Å². The number of amides is 1. The zero-order valence-electron chi connectivity index (χ0n) is 18.1. The molecule has 0 saturated heterocycles. The van der Waals surface area contributed by atoms with Crippen molar-refractivity contribution in [2.24, 2.45) is 0 Å². The Kier molecular flexibility index (Phi) is 8.42. The summed E-state index contributed by atoms with van der Waals surface area (Å²) < 4.78 is 59.9. The van der Waals surface area contributed by atoms with Crippen LogP contribution in [-0.4, -0.2) is 32.2 Å². The highest BCUT2D eigenvalue weighted by molar-refractivity contribution is 7.91. The summed E-state index contributed by atoms with van der Waals surface area (Å²) in [5, 5.41) is 9.98. The van der Waals surface area contributed by atoms with E-state index in [0.29, 0.717) is 16.3 Å². The summed E-state index contributed by atoms with van der Waals surface area (Å²) >= 11 is 5.83. The lowest BCUT2D eigenvalue weighted by Gasteiger charge is -2.19. The van der Waals surface area contributed by atoms with Crippen molar-refractivity contribution in [1.29, 1.82) is 0 Å². The summed E-state index contributed by atoms with van der Waals surface area (Å²) in [6.07, 6.45) is -1.43. The fraction of sp³-hybridized carbons (Fsp3) is 0.167. The minimum atomic E-state index is -4.21. The lowest BCUT2D eigenvalue weighted by atomic mass is 10.1. The van der Waals surface area contributed by atoms with Gasteiger partial charge < -0.3 is 9.84 Å². The molecule has 0 aromatic heterocycles. The van der Waals surface area contributed by atoms with Crippen LogP contribution in [0.2, 0.25) is 5.02 Å². The van der Waals surface area contributed by atoms with Gasteiger partial charge in [0.15, 0.2) is 9.84 Å². The molecule has 0 spiro atoms. The number of carbonyl (C=O) groups excluding carboxylic acids is 1. The van der Waals surface area contributed by atoms with Crippen LogP contribution in [-0.2, 0) is 25.8 Å². The number of carbonyl (C=O) groups is 2. The second-order valence-electron chi connectivity index (χ2n) is 7.47. The van der Waals surface area contributed by atoms with Gasteiger partial charge in [-0.1, -0.05) is 23.7 Å². The normalized spacial score (nSPS) is 12.1. The molecule has 3 aromatic carbocycles. The van der Waals surface area contributed by atoms with E-state index in [9.17, 15) is 26.8 Å². The van der Waals surface area contributed by atoms with E-state index in [0.717, 1.165) is 18.2 Å². The Morgan fingerprint density at radius 1 is 1.00 bits per heavy atom. The third kappa shape index (κ3) is 7.00. The van der Waals surface area contributed by atoms with Gasteiger partial charge in [0.2, 0.25) is 0 Å². The topological polar surface area (TPSA) is 110 Å². The summed E-state index contributed by atoms with van der Waals surface area (Å²) in [4.78, 5) is 22.7. The van der Waals surface area contributed by atoms with Gasteiger partial charge in [-0.2, -0.15) is 0 Å². The van der Waals surface area contributed by atoms with Crippen molar-refractivity contribution in [3.63, 3.8) is 0 Å². The highest BCUT2D eigenvalue weighted by Gasteiger charge is 2.32. The predicted molar refractivity (Wildman–Crippen MR) is 125 cm³/mol. The van der Waals surface area contributed by atoms with Crippen molar-refractivity contribution in [3.8, 4) is 0 Å². The fourth-order valence-electron chi connectivity index (χ4n) is 3.32. The van der Waals surface area contributed by atoms with Crippen LogP contribution in [0.1, 0.15) is 22.8 Å². The van der Waals surface area contributed by atoms with Crippen molar-refractivity contribution in [1.82, 2.24) is 0 Å². The number of aliphatic carboxylic acids is 1. The summed E-state index contributed by atoms with van der Waals surface area (Å²) in [6, 6.07) is 13.7. The van der Waals surface area contributed by atoms with Crippen LogP contribution in [0.4, 0.5) is 19.3 Å². The van der Waals surface area contributed by atoms with E-state index in [1.54, 1.807) is 0 Å². The van der Waals surface area contributed by atoms with Crippen molar-refractivity contribution >= 4 is 39.2 Å². The van der Waals surface area contributed by atoms with Gasteiger partial charge in [0, 0.05) is 22.7 Å². The third-order valence-electron chi connectivity index (χ3n) is 4.99. The van der Waals surface area contributed by atoms with Crippen LogP contribution >= 0.6 is 11.6 Å². The average Bonchev–Trinajstić information content (AvgIpc) is 2.80. The smallest absolute Gasteiger partial charge is 0.411 e. The minimum absolute atomic E-state index is 0.151. The second kappa shape index (κ2) is 11.3. The number of hydrogen-bond donors (Lipinski definition) is 2. The standard InChI is InChI=1S/C24H20ClF2NO6S/c25-16-3-8-19(9-4-16)35(32,33)22(20-14-17(26)5-10-21(20)27)11-12-34-24(31)28-18-6-1-15(2-7-18)13-23(29)30/h1-10,14,22H,11-13H2,(H,28,31)(H,29,30). The molecule has 3 rings (SSSR count). The first-order chi connectivity index (χ1) is 16.6. The zero-order valence-corrected chi connectivity index (χ0v) is 19.7. The molecule has 0 saturated carbocycles. The molecule has 0 fully saturated rings. The predicted octanol–water partition coefficient (Wildman–Crippen LogP) is 5.40. The molecule has 0 bridgehead atoms. The molecule has 0 aliphatic heterocycles. The SMILES string of the molecule is O=C(O)Cc1ccc(NC(=O)OCCC(c2cc(F)ccc2F)S(=O)(=O)c2ccc(Cl)cc2)cc1. The van der Waals surface area contributed by atoms with E-state index < -0.39 is 51.0 Å². The number of halogens is 3. The average molecular weight is 524 g/mol. The molecule has 1 amide bonds. The van der Waals surface area contributed by atoms with E-state index in [-0.39, 0.29) is 17.7 Å². The van der Waals surface area contributed by atoms with E-state index in [1.807, 2.05) is 0 Å². The highest BCUT2D eigenvalue weighted by Crippen LogP contribution is 2.34. The minimum Gasteiger partial charge on any atom is -0.481 e. The molecule has 1 atom stereocenters. The second-order valence-corrected chi connectivity index (χ2v) is 10.0. The first-order valence-corrected chi connectivity index (χ1v) is 12.2.